The van der Waals surface area contributed by atoms with Gasteiger partial charge < -0.3 is 14.0 Å². The Morgan fingerprint density at radius 1 is 0.900 bits per heavy atom. The number of nitrogens with zero attached hydrogens (tertiary/aromatic N) is 2. The molecule has 6 heteroatoms. The van der Waals surface area contributed by atoms with Crippen LogP contribution in [0, 0.1) is 6.92 Å². The number of ether oxygens (including phenoxy) is 2. The lowest BCUT2D eigenvalue weighted by Gasteiger charge is -2.12. The van der Waals surface area contributed by atoms with E-state index in [0.29, 0.717) is 24.0 Å². The van der Waals surface area contributed by atoms with Crippen LogP contribution in [0.15, 0.2) is 66.7 Å². The van der Waals surface area contributed by atoms with Gasteiger partial charge in [0.15, 0.2) is 0 Å². The number of imidazole rings is 1. The van der Waals surface area contributed by atoms with Gasteiger partial charge in [-0.15, -0.1) is 0 Å². The number of fused-ring (bicyclic) bond motifs is 1. The quantitative estimate of drug-likeness (QED) is 0.286. The summed E-state index contributed by atoms with van der Waals surface area (Å²) < 4.78 is 14.0. The molecule has 4 rings (SSSR count). The Bertz CT molecular complexity index is 1160. The van der Waals surface area contributed by atoms with E-state index in [-0.39, 0.29) is 0 Å². The van der Waals surface area contributed by atoms with E-state index in [2.05, 4.69) is 10.6 Å². The Balaban J connectivity index is 1.44. The molecule has 4 nitrogen and oxygen atoms in total. The fraction of sp³-hybridized carbons (Fsp3) is 0.208. The summed E-state index contributed by atoms with van der Waals surface area (Å²) in [4.78, 5) is 4.76. The number of para-hydroxylation sites is 3. The Morgan fingerprint density at radius 3 is 2.53 bits per heavy atom. The lowest BCUT2D eigenvalue weighted by molar-refractivity contribution is 0.280. The van der Waals surface area contributed by atoms with Gasteiger partial charge in [-0.2, -0.15) is 0 Å². The van der Waals surface area contributed by atoms with Crippen molar-refractivity contribution in [3.8, 4) is 11.5 Å². The number of halogens is 2. The summed E-state index contributed by atoms with van der Waals surface area (Å²) in [6, 6.07) is 21.3. The van der Waals surface area contributed by atoms with Gasteiger partial charge in [0.05, 0.1) is 22.7 Å². The van der Waals surface area contributed by atoms with Crippen LogP contribution in [0.1, 0.15) is 17.8 Å². The number of aryl methyl sites for hydroxylation is 2. The number of rotatable bonds is 8. The van der Waals surface area contributed by atoms with Crippen molar-refractivity contribution in [3.63, 3.8) is 0 Å². The molecule has 0 atom stereocenters. The second-order valence-corrected chi connectivity index (χ2v) is 7.81. The van der Waals surface area contributed by atoms with E-state index in [1.807, 2.05) is 67.6 Å². The van der Waals surface area contributed by atoms with Gasteiger partial charge in [0, 0.05) is 11.6 Å². The average molecular weight is 441 g/mol. The first-order valence-corrected chi connectivity index (χ1v) is 10.6. The van der Waals surface area contributed by atoms with Gasteiger partial charge in [-0.3, -0.25) is 0 Å². The van der Waals surface area contributed by atoms with Crippen LogP contribution in [0.3, 0.4) is 0 Å². The third kappa shape index (κ3) is 4.72. The van der Waals surface area contributed by atoms with Gasteiger partial charge in [0.1, 0.15) is 23.9 Å². The van der Waals surface area contributed by atoms with Crippen molar-refractivity contribution in [2.45, 2.75) is 26.5 Å². The fourth-order valence-corrected chi connectivity index (χ4v) is 3.62. The second-order valence-electron chi connectivity index (χ2n) is 7.00. The smallest absolute Gasteiger partial charge is 0.148 e. The largest absolute Gasteiger partial charge is 0.494 e. The van der Waals surface area contributed by atoms with Gasteiger partial charge in [0.25, 0.3) is 0 Å². The number of aromatic nitrogens is 2. The number of hydrogen-bond acceptors (Lipinski definition) is 3. The third-order valence-corrected chi connectivity index (χ3v) is 5.59. The van der Waals surface area contributed by atoms with Gasteiger partial charge in [-0.05, 0) is 61.4 Å². The van der Waals surface area contributed by atoms with Crippen molar-refractivity contribution in [2.24, 2.45) is 0 Å². The fourth-order valence-electron chi connectivity index (χ4n) is 3.31. The van der Waals surface area contributed by atoms with Crippen molar-refractivity contribution >= 4 is 34.2 Å². The highest BCUT2D eigenvalue weighted by molar-refractivity contribution is 6.32. The SMILES string of the molecule is Cc1cc(OCCCn2c(COc3ccccc3Cl)nc3ccccc32)ccc1Cl. The third-order valence-electron chi connectivity index (χ3n) is 4.85. The predicted molar refractivity (Wildman–Crippen MR) is 122 cm³/mol. The topological polar surface area (TPSA) is 36.3 Å². The molecule has 0 aliphatic carbocycles. The minimum atomic E-state index is 0.343. The first-order valence-electron chi connectivity index (χ1n) is 9.82. The Morgan fingerprint density at radius 2 is 1.70 bits per heavy atom. The lowest BCUT2D eigenvalue weighted by Crippen LogP contribution is -2.10. The molecule has 4 aromatic rings. The van der Waals surface area contributed by atoms with Gasteiger partial charge in [0.2, 0.25) is 0 Å². The monoisotopic (exact) mass is 440 g/mol. The van der Waals surface area contributed by atoms with E-state index >= 15 is 0 Å². The highest BCUT2D eigenvalue weighted by atomic mass is 35.5. The van der Waals surface area contributed by atoms with Crippen LogP contribution in [0.4, 0.5) is 0 Å². The molecule has 0 bridgehead atoms. The van der Waals surface area contributed by atoms with Crippen LogP contribution >= 0.6 is 23.2 Å². The lowest BCUT2D eigenvalue weighted by atomic mass is 10.2. The van der Waals surface area contributed by atoms with E-state index in [4.69, 9.17) is 37.7 Å². The molecule has 0 radical (unpaired) electrons. The van der Waals surface area contributed by atoms with Crippen molar-refractivity contribution in [3.05, 3.63) is 88.2 Å². The highest BCUT2D eigenvalue weighted by Gasteiger charge is 2.12. The summed E-state index contributed by atoms with van der Waals surface area (Å²) in [5.41, 5.74) is 3.04. The Kier molecular flexibility index (Phi) is 6.46. The molecule has 0 aliphatic rings. The van der Waals surface area contributed by atoms with Crippen LogP contribution < -0.4 is 9.47 Å². The maximum atomic E-state index is 6.21. The van der Waals surface area contributed by atoms with E-state index in [1.165, 1.54) is 0 Å². The standard InChI is InChI=1S/C24H22Cl2N2O2/c1-17-15-18(11-12-19(17)25)29-14-6-13-28-22-9-4-3-8-21(22)27-24(28)16-30-23-10-5-2-7-20(23)26/h2-5,7-12,15H,6,13-14,16H2,1H3. The van der Waals surface area contributed by atoms with E-state index in [1.54, 1.807) is 0 Å². The summed E-state index contributed by atoms with van der Waals surface area (Å²) >= 11 is 12.3. The van der Waals surface area contributed by atoms with Crippen molar-refractivity contribution in [1.82, 2.24) is 9.55 Å². The molecule has 3 aromatic carbocycles. The molecule has 1 heterocycles. The molecular weight excluding hydrogens is 419 g/mol. The zero-order chi connectivity index (χ0) is 20.9. The first-order chi connectivity index (χ1) is 14.6. The molecule has 0 fully saturated rings. The highest BCUT2D eigenvalue weighted by Crippen LogP contribution is 2.25. The maximum Gasteiger partial charge on any atom is 0.148 e. The van der Waals surface area contributed by atoms with E-state index in [0.717, 1.165) is 46.2 Å². The second kappa shape index (κ2) is 9.41. The van der Waals surface area contributed by atoms with Crippen LogP contribution in [0.5, 0.6) is 11.5 Å². The van der Waals surface area contributed by atoms with Crippen LogP contribution in [0.2, 0.25) is 10.0 Å². The average Bonchev–Trinajstić information content (AvgIpc) is 3.10. The van der Waals surface area contributed by atoms with Crippen LogP contribution in [0.25, 0.3) is 11.0 Å². The van der Waals surface area contributed by atoms with Crippen molar-refractivity contribution < 1.29 is 9.47 Å². The zero-order valence-corrected chi connectivity index (χ0v) is 18.2. The van der Waals surface area contributed by atoms with Crippen molar-refractivity contribution in [2.75, 3.05) is 6.61 Å². The molecule has 30 heavy (non-hydrogen) atoms. The number of hydrogen-bond donors (Lipinski definition) is 0. The van der Waals surface area contributed by atoms with Gasteiger partial charge >= 0.3 is 0 Å². The van der Waals surface area contributed by atoms with Gasteiger partial charge in [-0.1, -0.05) is 47.5 Å². The molecule has 1 aromatic heterocycles. The van der Waals surface area contributed by atoms with Crippen LogP contribution in [-0.2, 0) is 13.2 Å². The molecule has 0 spiro atoms. The van der Waals surface area contributed by atoms with Crippen molar-refractivity contribution in [1.29, 1.82) is 0 Å². The Labute approximate surface area is 186 Å². The minimum Gasteiger partial charge on any atom is -0.494 e. The summed E-state index contributed by atoms with van der Waals surface area (Å²) in [6.45, 7) is 3.68. The van der Waals surface area contributed by atoms with E-state index < -0.39 is 0 Å². The summed E-state index contributed by atoms with van der Waals surface area (Å²) in [6.07, 6.45) is 0.834. The molecule has 0 amide bonds. The maximum absolute atomic E-state index is 6.21. The normalized spacial score (nSPS) is 11.0. The van der Waals surface area contributed by atoms with Gasteiger partial charge in [-0.25, -0.2) is 4.98 Å². The van der Waals surface area contributed by atoms with E-state index in [9.17, 15) is 0 Å². The molecular formula is C24H22Cl2N2O2. The minimum absolute atomic E-state index is 0.343. The summed E-state index contributed by atoms with van der Waals surface area (Å²) in [5.74, 6) is 2.34. The summed E-state index contributed by atoms with van der Waals surface area (Å²) in [5, 5.41) is 1.34. The zero-order valence-electron chi connectivity index (χ0n) is 16.6. The molecule has 0 saturated carbocycles. The molecule has 154 valence electrons. The Hall–Kier alpha value is -2.69. The molecule has 0 unspecified atom stereocenters. The number of benzene rings is 3. The first kappa shape index (κ1) is 20.6. The summed E-state index contributed by atoms with van der Waals surface area (Å²) in [7, 11) is 0. The predicted octanol–water partition coefficient (Wildman–Crippen LogP) is 6.70. The molecule has 0 aliphatic heterocycles. The molecule has 0 N–H and O–H groups in total. The van der Waals surface area contributed by atoms with Crippen LogP contribution in [-0.4, -0.2) is 16.2 Å². The molecule has 0 saturated heterocycles.